The molecule has 1 amide bonds. The van der Waals surface area contributed by atoms with E-state index < -0.39 is 34.3 Å². The molecular weight excluding hydrogens is 348 g/mol. The minimum atomic E-state index is -1.59. The molecule has 2 atom stereocenters. The molecule has 0 spiro atoms. The number of nitrogens with one attached hydrogen (secondary N) is 1. The van der Waals surface area contributed by atoms with Gasteiger partial charge in [0.15, 0.2) is 4.75 Å². The van der Waals surface area contributed by atoms with Crippen LogP contribution in [0.5, 0.6) is 0 Å². The molecule has 0 aliphatic carbocycles. The van der Waals surface area contributed by atoms with Crippen molar-refractivity contribution in [2.24, 2.45) is 0 Å². The third kappa shape index (κ3) is 3.24. The summed E-state index contributed by atoms with van der Waals surface area (Å²) in [5, 5.41) is 12.5. The first-order valence-corrected chi connectivity index (χ1v) is 8.37. The van der Waals surface area contributed by atoms with Gasteiger partial charge in [-0.1, -0.05) is 18.2 Å². The Morgan fingerprint density at radius 1 is 1.24 bits per heavy atom. The third-order valence-corrected chi connectivity index (χ3v) is 5.76. The molecule has 3 rings (SSSR count). The van der Waals surface area contributed by atoms with Gasteiger partial charge in [0.05, 0.1) is 12.5 Å². The smallest absolute Gasteiger partial charge is 0.323 e. The number of carbonyl (C=O) groups excluding carboxylic acids is 1. The molecule has 1 saturated heterocycles. The van der Waals surface area contributed by atoms with Crippen molar-refractivity contribution in [3.05, 3.63) is 65.2 Å². The van der Waals surface area contributed by atoms with Crippen LogP contribution < -0.4 is 5.32 Å². The monoisotopic (exact) mass is 363 g/mol. The topological polar surface area (TPSA) is 66.4 Å². The lowest BCUT2D eigenvalue weighted by atomic mass is 9.93. The Morgan fingerprint density at radius 3 is 2.48 bits per heavy atom. The molecule has 0 bridgehead atoms. The van der Waals surface area contributed by atoms with Crippen molar-refractivity contribution in [2.75, 3.05) is 0 Å². The lowest BCUT2D eigenvalue weighted by Gasteiger charge is -2.30. The van der Waals surface area contributed by atoms with E-state index in [0.29, 0.717) is 11.0 Å². The van der Waals surface area contributed by atoms with Crippen LogP contribution in [-0.4, -0.2) is 21.7 Å². The SMILES string of the molecule is Cc1ccccc1SC1(C(=O)O)CC(=O)NC1c1cc(F)cc(F)c1. The molecule has 1 aliphatic heterocycles. The molecule has 2 aromatic rings. The number of rotatable bonds is 4. The van der Waals surface area contributed by atoms with Crippen LogP contribution in [0.3, 0.4) is 0 Å². The lowest BCUT2D eigenvalue weighted by molar-refractivity contribution is -0.140. The van der Waals surface area contributed by atoms with E-state index in [2.05, 4.69) is 5.32 Å². The van der Waals surface area contributed by atoms with Crippen molar-refractivity contribution < 1.29 is 23.5 Å². The number of aryl methyl sites for hydroxylation is 1. The standard InChI is InChI=1S/C18H15F2NO3S/c1-10-4-2-3-5-14(10)25-18(17(23)24)9-15(22)21-16(18)11-6-12(19)8-13(20)7-11/h2-8,16H,9H2,1H3,(H,21,22)(H,23,24). The van der Waals surface area contributed by atoms with Gasteiger partial charge in [-0.25, -0.2) is 8.78 Å². The van der Waals surface area contributed by atoms with Crippen LogP contribution in [0, 0.1) is 18.6 Å². The van der Waals surface area contributed by atoms with Gasteiger partial charge in [0.1, 0.15) is 11.6 Å². The maximum Gasteiger partial charge on any atom is 0.323 e. The second-order valence-corrected chi connectivity index (χ2v) is 7.31. The van der Waals surface area contributed by atoms with Crippen LogP contribution in [0.4, 0.5) is 8.78 Å². The van der Waals surface area contributed by atoms with Gasteiger partial charge >= 0.3 is 5.97 Å². The number of benzene rings is 2. The van der Waals surface area contributed by atoms with Gasteiger partial charge in [0.25, 0.3) is 0 Å². The highest BCUT2D eigenvalue weighted by Crippen LogP contribution is 2.49. The third-order valence-electron chi connectivity index (χ3n) is 4.16. The maximum atomic E-state index is 13.6. The van der Waals surface area contributed by atoms with E-state index in [9.17, 15) is 23.5 Å². The van der Waals surface area contributed by atoms with E-state index in [1.807, 2.05) is 19.1 Å². The van der Waals surface area contributed by atoms with Crippen molar-refractivity contribution in [2.45, 2.75) is 29.0 Å². The fourth-order valence-electron chi connectivity index (χ4n) is 2.97. The molecule has 2 N–H and O–H groups in total. The highest BCUT2D eigenvalue weighted by atomic mass is 32.2. The summed E-state index contributed by atoms with van der Waals surface area (Å²) in [6, 6.07) is 8.95. The minimum absolute atomic E-state index is 0.0897. The molecule has 7 heteroatoms. The molecule has 130 valence electrons. The number of amides is 1. The summed E-state index contributed by atoms with van der Waals surface area (Å²) in [4.78, 5) is 24.9. The Morgan fingerprint density at radius 2 is 1.88 bits per heavy atom. The Bertz CT molecular complexity index is 838. The summed E-state index contributed by atoms with van der Waals surface area (Å²) in [5.41, 5.74) is 0.948. The zero-order chi connectivity index (χ0) is 18.2. The highest BCUT2D eigenvalue weighted by molar-refractivity contribution is 8.01. The molecule has 25 heavy (non-hydrogen) atoms. The number of halogens is 2. The first-order chi connectivity index (χ1) is 11.8. The minimum Gasteiger partial charge on any atom is -0.480 e. The quantitative estimate of drug-likeness (QED) is 0.873. The normalized spacial score (nSPS) is 22.7. The van der Waals surface area contributed by atoms with Crippen LogP contribution in [0.2, 0.25) is 0 Å². The maximum absolute atomic E-state index is 13.6. The number of aliphatic carboxylic acids is 1. The summed E-state index contributed by atoms with van der Waals surface area (Å²) in [5.74, 6) is -3.33. The van der Waals surface area contributed by atoms with E-state index in [1.54, 1.807) is 12.1 Å². The van der Waals surface area contributed by atoms with E-state index in [-0.39, 0.29) is 12.0 Å². The van der Waals surface area contributed by atoms with Crippen molar-refractivity contribution in [1.29, 1.82) is 0 Å². The molecule has 2 aromatic carbocycles. The number of carboxylic acid groups (broad SMARTS) is 1. The second kappa shape index (κ2) is 6.48. The number of carboxylic acids is 1. The lowest BCUT2D eigenvalue weighted by Crippen LogP contribution is -2.40. The van der Waals surface area contributed by atoms with E-state index in [0.717, 1.165) is 29.5 Å². The fourth-order valence-corrected chi connectivity index (χ4v) is 4.34. The van der Waals surface area contributed by atoms with Crippen LogP contribution in [0.25, 0.3) is 0 Å². The summed E-state index contributed by atoms with van der Waals surface area (Å²) in [6.45, 7) is 1.83. The van der Waals surface area contributed by atoms with Gasteiger partial charge in [-0.2, -0.15) is 0 Å². The summed E-state index contributed by atoms with van der Waals surface area (Å²) in [6.07, 6.45) is -0.288. The largest absolute Gasteiger partial charge is 0.480 e. The van der Waals surface area contributed by atoms with Gasteiger partial charge in [-0.05, 0) is 36.2 Å². The predicted molar refractivity (Wildman–Crippen MR) is 89.3 cm³/mol. The van der Waals surface area contributed by atoms with E-state index in [4.69, 9.17) is 0 Å². The van der Waals surface area contributed by atoms with Crippen molar-refractivity contribution in [3.8, 4) is 0 Å². The first-order valence-electron chi connectivity index (χ1n) is 7.55. The van der Waals surface area contributed by atoms with Gasteiger partial charge in [0.2, 0.25) is 5.91 Å². The second-order valence-electron chi connectivity index (χ2n) is 5.94. The Hall–Kier alpha value is -2.41. The highest BCUT2D eigenvalue weighted by Gasteiger charge is 2.55. The van der Waals surface area contributed by atoms with Gasteiger partial charge < -0.3 is 10.4 Å². The Labute approximate surface area is 147 Å². The molecule has 0 radical (unpaired) electrons. The van der Waals surface area contributed by atoms with E-state index in [1.165, 1.54) is 0 Å². The van der Waals surface area contributed by atoms with Crippen molar-refractivity contribution >= 4 is 23.6 Å². The Kier molecular flexibility index (Phi) is 4.51. The molecule has 4 nitrogen and oxygen atoms in total. The molecule has 1 heterocycles. The predicted octanol–water partition coefficient (Wildman–Crippen LogP) is 3.45. The van der Waals surface area contributed by atoms with Crippen LogP contribution >= 0.6 is 11.8 Å². The van der Waals surface area contributed by atoms with Crippen LogP contribution in [0.1, 0.15) is 23.6 Å². The molecule has 1 fully saturated rings. The fraction of sp³-hybridized carbons (Fsp3) is 0.222. The average molecular weight is 363 g/mol. The summed E-state index contributed by atoms with van der Waals surface area (Å²) < 4.78 is 25.6. The number of hydrogen-bond acceptors (Lipinski definition) is 3. The number of hydrogen-bond donors (Lipinski definition) is 2. The van der Waals surface area contributed by atoms with Crippen molar-refractivity contribution in [1.82, 2.24) is 5.32 Å². The summed E-state index contributed by atoms with van der Waals surface area (Å²) >= 11 is 1.02. The summed E-state index contributed by atoms with van der Waals surface area (Å²) in [7, 11) is 0. The van der Waals surface area contributed by atoms with Crippen molar-refractivity contribution in [3.63, 3.8) is 0 Å². The molecule has 0 saturated carbocycles. The molecule has 1 aliphatic rings. The Balaban J connectivity index is 2.10. The molecular formula is C18H15F2NO3S. The van der Waals surface area contributed by atoms with Gasteiger partial charge in [0, 0.05) is 11.0 Å². The van der Waals surface area contributed by atoms with Gasteiger partial charge in [-0.3, -0.25) is 9.59 Å². The molecule has 0 aromatic heterocycles. The molecule has 2 unspecified atom stereocenters. The zero-order valence-electron chi connectivity index (χ0n) is 13.3. The number of carbonyl (C=O) groups is 2. The zero-order valence-corrected chi connectivity index (χ0v) is 14.1. The van der Waals surface area contributed by atoms with E-state index >= 15 is 0 Å². The van der Waals surface area contributed by atoms with Crippen LogP contribution in [-0.2, 0) is 9.59 Å². The average Bonchev–Trinajstić information content (AvgIpc) is 2.86. The van der Waals surface area contributed by atoms with Gasteiger partial charge in [-0.15, -0.1) is 11.8 Å². The first kappa shape index (κ1) is 17.4. The number of thioether (sulfide) groups is 1. The van der Waals surface area contributed by atoms with Crippen LogP contribution in [0.15, 0.2) is 47.4 Å².